The molecule has 0 radical (unpaired) electrons. The highest BCUT2D eigenvalue weighted by atomic mass is 32.2. The Morgan fingerprint density at radius 1 is 1.06 bits per heavy atom. The van der Waals surface area contributed by atoms with E-state index in [1.165, 1.54) is 17.8 Å². The minimum absolute atomic E-state index is 0.0459. The van der Waals surface area contributed by atoms with Gasteiger partial charge in [-0.15, -0.1) is 11.8 Å². The Hall–Kier alpha value is -1.58. The molecule has 2 heterocycles. The second-order valence-corrected chi connectivity index (χ2v) is 12.1. The normalized spacial score (nSPS) is 27.5. The van der Waals surface area contributed by atoms with Gasteiger partial charge >= 0.3 is 0 Å². The second-order valence-electron chi connectivity index (χ2n) is 9.23. The summed E-state index contributed by atoms with van der Waals surface area (Å²) in [6.45, 7) is 5.73. The molecule has 9 heteroatoms. The van der Waals surface area contributed by atoms with E-state index in [1.807, 2.05) is 0 Å². The predicted octanol–water partition coefficient (Wildman–Crippen LogP) is 3.21. The van der Waals surface area contributed by atoms with Gasteiger partial charge < -0.3 is 10.2 Å². The molecule has 0 spiro atoms. The first-order chi connectivity index (χ1) is 14.7. The van der Waals surface area contributed by atoms with Crippen molar-refractivity contribution in [1.82, 2.24) is 9.62 Å². The fraction of sp³-hybridized carbons (Fsp3) is 0.636. The molecule has 0 aromatic heterocycles. The number of rotatable bonds is 4. The molecule has 0 bridgehead atoms. The molecule has 4 rings (SSSR count). The maximum Gasteiger partial charge on any atom is 0.247 e. The van der Waals surface area contributed by atoms with Gasteiger partial charge in [0.25, 0.3) is 0 Å². The third-order valence-electron chi connectivity index (χ3n) is 6.66. The zero-order chi connectivity index (χ0) is 22.2. The lowest BCUT2D eigenvalue weighted by Gasteiger charge is -2.33. The van der Waals surface area contributed by atoms with Crippen LogP contribution in [0.3, 0.4) is 0 Å². The Balaban J connectivity index is 1.46. The highest BCUT2D eigenvalue weighted by molar-refractivity contribution is 8.01. The molecule has 1 aromatic rings. The van der Waals surface area contributed by atoms with Gasteiger partial charge in [-0.25, -0.2) is 13.1 Å². The van der Waals surface area contributed by atoms with Crippen molar-refractivity contribution < 1.29 is 18.0 Å². The lowest BCUT2D eigenvalue weighted by molar-refractivity contribution is -0.135. The van der Waals surface area contributed by atoms with E-state index < -0.39 is 15.3 Å². The van der Waals surface area contributed by atoms with E-state index in [4.69, 9.17) is 0 Å². The largest absolute Gasteiger partial charge is 0.341 e. The van der Waals surface area contributed by atoms with Crippen molar-refractivity contribution >= 4 is 39.3 Å². The van der Waals surface area contributed by atoms with Crippen LogP contribution in [0, 0.1) is 11.8 Å². The Bertz CT molecular complexity index is 950. The van der Waals surface area contributed by atoms with Crippen molar-refractivity contribution in [3.63, 3.8) is 0 Å². The second kappa shape index (κ2) is 9.11. The number of hydrogen-bond donors (Lipinski definition) is 2. The summed E-state index contributed by atoms with van der Waals surface area (Å²) in [4.78, 5) is 28.2. The number of thioether (sulfide) groups is 1. The van der Waals surface area contributed by atoms with E-state index in [-0.39, 0.29) is 22.8 Å². The number of likely N-dealkylation sites (tertiary alicyclic amines) is 1. The van der Waals surface area contributed by atoms with E-state index >= 15 is 0 Å². The molecule has 31 heavy (non-hydrogen) atoms. The summed E-state index contributed by atoms with van der Waals surface area (Å²) >= 11 is 1.20. The molecule has 1 aromatic carbocycles. The van der Waals surface area contributed by atoms with Crippen LogP contribution in [0.2, 0.25) is 0 Å². The van der Waals surface area contributed by atoms with Gasteiger partial charge in [0, 0.05) is 24.0 Å². The first-order valence-electron chi connectivity index (χ1n) is 11.2. The summed E-state index contributed by atoms with van der Waals surface area (Å²) in [5, 5.41) is 1.93. The van der Waals surface area contributed by atoms with Crippen LogP contribution < -0.4 is 10.0 Å². The molecule has 2 fully saturated rings. The molecule has 2 amide bonds. The predicted molar refractivity (Wildman–Crippen MR) is 121 cm³/mol. The number of nitrogens with one attached hydrogen (secondary N) is 2. The molecular weight excluding hydrogens is 434 g/mol. The highest BCUT2D eigenvalue weighted by Gasteiger charge is 2.37. The lowest BCUT2D eigenvalue weighted by atomic mass is 9.88. The monoisotopic (exact) mass is 465 g/mol. The van der Waals surface area contributed by atoms with Gasteiger partial charge in [-0.1, -0.05) is 13.8 Å². The number of nitrogens with zero attached hydrogens (tertiary/aromatic N) is 1. The Kier molecular flexibility index (Phi) is 6.65. The third kappa shape index (κ3) is 5.09. The molecule has 3 aliphatic rings. The minimum atomic E-state index is -3.67. The Morgan fingerprint density at radius 2 is 1.71 bits per heavy atom. The number of anilines is 1. The number of fused-ring (bicyclic) bond motifs is 1. The van der Waals surface area contributed by atoms with Crippen molar-refractivity contribution in [3.05, 3.63) is 18.2 Å². The van der Waals surface area contributed by atoms with Crippen LogP contribution in [-0.4, -0.2) is 49.5 Å². The zero-order valence-electron chi connectivity index (χ0n) is 18.1. The first-order valence-corrected chi connectivity index (χ1v) is 13.5. The molecule has 1 aliphatic carbocycles. The van der Waals surface area contributed by atoms with Gasteiger partial charge in [0.15, 0.2) is 5.25 Å². The summed E-state index contributed by atoms with van der Waals surface area (Å²) in [6.07, 6.45) is 5.64. The van der Waals surface area contributed by atoms with E-state index in [0.717, 1.165) is 38.5 Å². The standard InChI is InChI=1S/C22H31N3O4S2/c1-14-3-5-16(6-4-14)24-31(28,29)17-7-8-19-18(13-17)23-21(26)20(30-19)22(27)25-11-9-15(2)10-12-25/h7-8,13-16,20,24H,3-6,9-12H2,1-2H3,(H,23,26)/t14?,16?,20-/m0/s1. The molecule has 170 valence electrons. The van der Waals surface area contributed by atoms with Crippen LogP contribution >= 0.6 is 11.8 Å². The molecule has 2 aliphatic heterocycles. The van der Waals surface area contributed by atoms with Crippen LogP contribution in [0.1, 0.15) is 52.4 Å². The molecular formula is C22H31N3O4S2. The topological polar surface area (TPSA) is 95.6 Å². The van der Waals surface area contributed by atoms with Gasteiger partial charge in [-0.2, -0.15) is 0 Å². The van der Waals surface area contributed by atoms with Crippen molar-refractivity contribution in [1.29, 1.82) is 0 Å². The summed E-state index contributed by atoms with van der Waals surface area (Å²) in [7, 11) is -3.67. The lowest BCUT2D eigenvalue weighted by Crippen LogP contribution is -2.47. The molecule has 0 unspecified atom stereocenters. The van der Waals surface area contributed by atoms with Crippen molar-refractivity contribution in [3.8, 4) is 0 Å². The molecule has 1 saturated carbocycles. The molecule has 1 atom stereocenters. The smallest absolute Gasteiger partial charge is 0.247 e. The van der Waals surface area contributed by atoms with E-state index in [9.17, 15) is 18.0 Å². The average molecular weight is 466 g/mol. The molecule has 2 N–H and O–H groups in total. The Morgan fingerprint density at radius 3 is 2.39 bits per heavy atom. The fourth-order valence-electron chi connectivity index (χ4n) is 4.48. The minimum Gasteiger partial charge on any atom is -0.341 e. The third-order valence-corrected chi connectivity index (χ3v) is 9.44. The van der Waals surface area contributed by atoms with Gasteiger partial charge in [-0.05, 0) is 68.6 Å². The van der Waals surface area contributed by atoms with Crippen LogP contribution in [0.25, 0.3) is 0 Å². The number of hydrogen-bond acceptors (Lipinski definition) is 5. The van der Waals surface area contributed by atoms with Gasteiger partial charge in [0.2, 0.25) is 21.8 Å². The van der Waals surface area contributed by atoms with E-state index in [0.29, 0.717) is 35.5 Å². The number of carbonyl (C=O) groups is 2. The number of amides is 2. The van der Waals surface area contributed by atoms with Crippen molar-refractivity contribution in [2.45, 2.75) is 73.5 Å². The van der Waals surface area contributed by atoms with E-state index in [1.54, 1.807) is 17.0 Å². The van der Waals surface area contributed by atoms with Crippen LogP contribution in [0.15, 0.2) is 28.0 Å². The number of benzene rings is 1. The zero-order valence-corrected chi connectivity index (χ0v) is 19.7. The molecule has 7 nitrogen and oxygen atoms in total. The number of carbonyl (C=O) groups excluding carboxylic acids is 2. The summed E-state index contributed by atoms with van der Waals surface area (Å²) in [5.41, 5.74) is 0.450. The van der Waals surface area contributed by atoms with E-state index in [2.05, 4.69) is 23.9 Å². The number of sulfonamides is 1. The maximum atomic E-state index is 12.9. The first kappa shape index (κ1) is 22.6. The van der Waals surface area contributed by atoms with Crippen LogP contribution in [0.4, 0.5) is 5.69 Å². The number of piperidine rings is 1. The summed E-state index contributed by atoms with van der Waals surface area (Å²) in [6, 6.07) is 4.70. The molecule has 1 saturated heterocycles. The fourth-order valence-corrected chi connectivity index (χ4v) is 6.86. The van der Waals surface area contributed by atoms with Crippen LogP contribution in [0.5, 0.6) is 0 Å². The van der Waals surface area contributed by atoms with Crippen molar-refractivity contribution in [2.75, 3.05) is 18.4 Å². The van der Waals surface area contributed by atoms with Gasteiger partial charge in [-0.3, -0.25) is 9.59 Å². The Labute approximate surface area is 188 Å². The van der Waals surface area contributed by atoms with Gasteiger partial charge in [0.1, 0.15) is 0 Å². The summed E-state index contributed by atoms with van der Waals surface area (Å²) in [5.74, 6) is 0.694. The van der Waals surface area contributed by atoms with Crippen molar-refractivity contribution in [2.24, 2.45) is 11.8 Å². The average Bonchev–Trinajstić information content (AvgIpc) is 2.74. The summed E-state index contributed by atoms with van der Waals surface area (Å²) < 4.78 is 28.5. The quantitative estimate of drug-likeness (QED) is 0.666. The maximum absolute atomic E-state index is 12.9. The van der Waals surface area contributed by atoms with Gasteiger partial charge in [0.05, 0.1) is 10.6 Å². The van der Waals surface area contributed by atoms with Crippen LogP contribution in [-0.2, 0) is 19.6 Å². The highest BCUT2D eigenvalue weighted by Crippen LogP contribution is 2.38. The SMILES string of the molecule is CC1CCC(NS(=O)(=O)c2ccc3c(c2)NC(=O)[C@@H](C(=O)N2CCC(C)CC2)S3)CC1.